The molecule has 1 aromatic carbocycles. The topological polar surface area (TPSA) is 106 Å². The maximum Gasteiger partial charge on any atom is 0.320 e. The van der Waals surface area contributed by atoms with Crippen LogP contribution in [0.15, 0.2) is 28.8 Å². The Morgan fingerprint density at radius 1 is 1.09 bits per heavy atom. The number of hydrogen-bond acceptors (Lipinski definition) is 7. The number of sulfone groups is 1. The van der Waals surface area contributed by atoms with Crippen LogP contribution in [0.2, 0.25) is 0 Å². The summed E-state index contributed by atoms with van der Waals surface area (Å²) in [5.41, 5.74) is 1.00. The molecule has 1 saturated carbocycles. The summed E-state index contributed by atoms with van der Waals surface area (Å²) in [5, 5.41) is 4.15. The lowest BCUT2D eigenvalue weighted by molar-refractivity contribution is 0.0859. The number of carbonyl (C=O) groups is 1. The SMILES string of the molecule is CC(F)Oc1ccc(C2CC(c3nc(C4CC4)no3)CN(C(=O)N3CCS(=O)(=O)CC3)C2)cc1. The number of alkyl halides is 1. The first-order valence-electron chi connectivity index (χ1n) is 11.8. The first-order valence-corrected chi connectivity index (χ1v) is 13.6. The van der Waals surface area contributed by atoms with Gasteiger partial charge in [0.15, 0.2) is 15.7 Å². The zero-order valence-corrected chi connectivity index (χ0v) is 19.9. The number of piperidine rings is 1. The van der Waals surface area contributed by atoms with Crippen molar-refractivity contribution in [1.82, 2.24) is 19.9 Å². The average Bonchev–Trinajstić information content (AvgIpc) is 3.55. The van der Waals surface area contributed by atoms with E-state index in [9.17, 15) is 17.6 Å². The molecule has 184 valence electrons. The monoisotopic (exact) mass is 492 g/mol. The molecule has 34 heavy (non-hydrogen) atoms. The number of amides is 2. The molecule has 3 heterocycles. The number of hydrogen-bond donors (Lipinski definition) is 0. The molecular weight excluding hydrogens is 463 g/mol. The van der Waals surface area contributed by atoms with Crippen molar-refractivity contribution < 1.29 is 26.9 Å². The first-order chi connectivity index (χ1) is 16.3. The minimum Gasteiger partial charge on any atom is -0.461 e. The molecule has 3 unspecified atom stereocenters. The highest BCUT2D eigenvalue weighted by Crippen LogP contribution is 2.40. The molecule has 3 atom stereocenters. The van der Waals surface area contributed by atoms with E-state index in [2.05, 4.69) is 10.1 Å². The molecule has 3 aliphatic rings. The van der Waals surface area contributed by atoms with Crippen LogP contribution in [0.5, 0.6) is 5.75 Å². The summed E-state index contributed by atoms with van der Waals surface area (Å²) in [5.74, 6) is 1.94. The zero-order valence-electron chi connectivity index (χ0n) is 19.1. The highest BCUT2D eigenvalue weighted by atomic mass is 32.2. The molecule has 2 aliphatic heterocycles. The molecule has 0 N–H and O–H groups in total. The number of nitrogens with zero attached hydrogens (tertiary/aromatic N) is 4. The third-order valence-corrected chi connectivity index (χ3v) is 8.34. The van der Waals surface area contributed by atoms with E-state index in [1.165, 1.54) is 6.92 Å². The van der Waals surface area contributed by atoms with Crippen LogP contribution in [0, 0.1) is 0 Å². The molecule has 2 aromatic rings. The molecule has 0 spiro atoms. The number of likely N-dealkylation sites (tertiary alicyclic amines) is 1. The van der Waals surface area contributed by atoms with Crippen molar-refractivity contribution in [3.05, 3.63) is 41.5 Å². The van der Waals surface area contributed by atoms with Gasteiger partial charge in [-0.2, -0.15) is 4.98 Å². The molecule has 2 saturated heterocycles. The van der Waals surface area contributed by atoms with Gasteiger partial charge in [-0.05, 0) is 37.0 Å². The number of urea groups is 1. The lowest BCUT2D eigenvalue weighted by Crippen LogP contribution is -2.53. The number of benzene rings is 1. The van der Waals surface area contributed by atoms with Crippen molar-refractivity contribution in [2.75, 3.05) is 37.7 Å². The summed E-state index contributed by atoms with van der Waals surface area (Å²) in [7, 11) is -3.08. The van der Waals surface area contributed by atoms with E-state index in [1.807, 2.05) is 12.1 Å². The number of carbonyl (C=O) groups excluding carboxylic acids is 1. The van der Waals surface area contributed by atoms with Crippen LogP contribution in [0.1, 0.15) is 61.2 Å². The van der Waals surface area contributed by atoms with Crippen LogP contribution < -0.4 is 4.74 Å². The van der Waals surface area contributed by atoms with Gasteiger partial charge in [0.1, 0.15) is 5.75 Å². The number of rotatable bonds is 5. The summed E-state index contributed by atoms with van der Waals surface area (Å²) in [6.07, 6.45) is 1.47. The molecule has 9 nitrogen and oxygen atoms in total. The van der Waals surface area contributed by atoms with Crippen molar-refractivity contribution in [3.8, 4) is 5.75 Å². The lowest BCUT2D eigenvalue weighted by atomic mass is 9.84. The van der Waals surface area contributed by atoms with Crippen LogP contribution in [-0.4, -0.2) is 78.4 Å². The van der Waals surface area contributed by atoms with E-state index in [0.29, 0.717) is 30.6 Å². The molecule has 3 fully saturated rings. The number of aromatic nitrogens is 2. The largest absolute Gasteiger partial charge is 0.461 e. The van der Waals surface area contributed by atoms with Crippen LogP contribution >= 0.6 is 0 Å². The van der Waals surface area contributed by atoms with Gasteiger partial charge >= 0.3 is 6.03 Å². The van der Waals surface area contributed by atoms with Gasteiger partial charge in [-0.15, -0.1) is 0 Å². The molecule has 2 amide bonds. The van der Waals surface area contributed by atoms with E-state index < -0.39 is 16.2 Å². The van der Waals surface area contributed by atoms with Crippen LogP contribution in [0.4, 0.5) is 9.18 Å². The van der Waals surface area contributed by atoms with E-state index in [-0.39, 0.29) is 42.5 Å². The lowest BCUT2D eigenvalue weighted by Gasteiger charge is -2.40. The number of halogens is 1. The second-order valence-corrected chi connectivity index (χ2v) is 11.8. The quantitative estimate of drug-likeness (QED) is 0.632. The third-order valence-electron chi connectivity index (χ3n) is 6.74. The Morgan fingerprint density at radius 2 is 1.76 bits per heavy atom. The Bertz CT molecular complexity index is 1120. The summed E-state index contributed by atoms with van der Waals surface area (Å²) >= 11 is 0. The highest BCUT2D eigenvalue weighted by molar-refractivity contribution is 7.91. The van der Waals surface area contributed by atoms with E-state index in [0.717, 1.165) is 30.7 Å². The fourth-order valence-corrected chi connectivity index (χ4v) is 5.91. The Labute approximate surface area is 198 Å². The van der Waals surface area contributed by atoms with Crippen molar-refractivity contribution in [3.63, 3.8) is 0 Å². The van der Waals surface area contributed by atoms with Gasteiger partial charge in [-0.25, -0.2) is 17.6 Å². The van der Waals surface area contributed by atoms with Gasteiger partial charge in [0.2, 0.25) is 12.2 Å². The van der Waals surface area contributed by atoms with Gasteiger partial charge in [0, 0.05) is 44.9 Å². The van der Waals surface area contributed by atoms with Crippen LogP contribution in [0.25, 0.3) is 0 Å². The van der Waals surface area contributed by atoms with Gasteiger partial charge in [0.05, 0.1) is 17.4 Å². The van der Waals surface area contributed by atoms with Crippen molar-refractivity contribution >= 4 is 15.9 Å². The Hall–Kier alpha value is -2.69. The molecule has 1 aromatic heterocycles. The van der Waals surface area contributed by atoms with Crippen LogP contribution in [0.3, 0.4) is 0 Å². The third kappa shape index (κ3) is 5.18. The maximum atomic E-state index is 13.3. The van der Waals surface area contributed by atoms with Crippen LogP contribution in [-0.2, 0) is 9.84 Å². The average molecular weight is 493 g/mol. The Kier molecular flexibility index (Phi) is 6.22. The molecular formula is C23H29FN4O5S. The summed E-state index contributed by atoms with van der Waals surface area (Å²) in [6, 6.07) is 7.08. The molecule has 0 bridgehead atoms. The van der Waals surface area contributed by atoms with Crippen molar-refractivity contribution in [2.45, 2.75) is 50.3 Å². The summed E-state index contributed by atoms with van der Waals surface area (Å²) in [4.78, 5) is 21.4. The number of ether oxygens (including phenoxy) is 1. The van der Waals surface area contributed by atoms with Crippen molar-refractivity contribution in [1.29, 1.82) is 0 Å². The fraction of sp³-hybridized carbons (Fsp3) is 0.609. The highest BCUT2D eigenvalue weighted by Gasteiger charge is 2.38. The minimum atomic E-state index is -3.08. The normalized spacial score (nSPS) is 25.7. The minimum absolute atomic E-state index is 0.00403. The first kappa shape index (κ1) is 23.1. The Morgan fingerprint density at radius 3 is 2.41 bits per heavy atom. The van der Waals surface area contributed by atoms with Gasteiger partial charge < -0.3 is 19.1 Å². The predicted octanol–water partition coefficient (Wildman–Crippen LogP) is 3.06. The van der Waals surface area contributed by atoms with E-state index in [1.54, 1.807) is 21.9 Å². The summed E-state index contributed by atoms with van der Waals surface area (Å²) in [6.45, 7) is 2.66. The van der Waals surface area contributed by atoms with E-state index >= 15 is 0 Å². The molecule has 0 radical (unpaired) electrons. The smallest absolute Gasteiger partial charge is 0.320 e. The Balaban J connectivity index is 1.36. The zero-order chi connectivity index (χ0) is 23.9. The molecule has 11 heteroatoms. The second kappa shape index (κ2) is 9.16. The van der Waals surface area contributed by atoms with Gasteiger partial charge in [-0.1, -0.05) is 17.3 Å². The molecule has 5 rings (SSSR count). The fourth-order valence-electron chi connectivity index (χ4n) is 4.71. The standard InChI is InChI=1S/C23H29FN4O5S/c1-15(24)32-20-6-4-16(5-7-20)18-12-19(22-25-21(26-33-22)17-2-3-17)14-28(13-18)23(29)27-8-10-34(30,31)11-9-27/h4-7,15,17-19H,2-3,8-14H2,1H3. The summed E-state index contributed by atoms with van der Waals surface area (Å²) < 4.78 is 47.5. The van der Waals surface area contributed by atoms with Gasteiger partial charge in [0.25, 0.3) is 0 Å². The predicted molar refractivity (Wildman–Crippen MR) is 121 cm³/mol. The molecule has 1 aliphatic carbocycles. The van der Waals surface area contributed by atoms with E-state index in [4.69, 9.17) is 9.26 Å². The second-order valence-electron chi connectivity index (χ2n) is 9.45. The van der Waals surface area contributed by atoms with Crippen molar-refractivity contribution in [2.24, 2.45) is 0 Å². The maximum absolute atomic E-state index is 13.3. The van der Waals surface area contributed by atoms with Gasteiger partial charge in [-0.3, -0.25) is 0 Å².